The molecule has 1 saturated carbocycles. The van der Waals surface area contributed by atoms with E-state index in [1.807, 2.05) is 0 Å². The largest absolute Gasteiger partial charge is 0.495 e. The van der Waals surface area contributed by atoms with Gasteiger partial charge in [-0.05, 0) is 64.1 Å². The third kappa shape index (κ3) is 3.04. The van der Waals surface area contributed by atoms with E-state index in [0.29, 0.717) is 0 Å². The van der Waals surface area contributed by atoms with Crippen molar-refractivity contribution in [3.8, 4) is 0 Å². The van der Waals surface area contributed by atoms with E-state index in [1.54, 1.807) is 0 Å². The molecule has 1 saturated heterocycles. The average molecular weight is 304 g/mol. The lowest BCUT2D eigenvalue weighted by molar-refractivity contribution is 0.00578. The van der Waals surface area contributed by atoms with Gasteiger partial charge in [0.2, 0.25) is 0 Å². The van der Waals surface area contributed by atoms with Crippen LogP contribution in [0.15, 0.2) is 18.2 Å². The first-order chi connectivity index (χ1) is 9.80. The maximum atomic E-state index is 6.19. The predicted octanol–water partition coefficient (Wildman–Crippen LogP) is 3.69. The molecule has 2 nitrogen and oxygen atoms in total. The molecule has 1 aliphatic carbocycles. The Kier molecular flexibility index (Phi) is 3.92. The molecule has 2 aliphatic rings. The molecule has 0 amide bonds. The van der Waals surface area contributed by atoms with Crippen molar-refractivity contribution in [2.24, 2.45) is 0 Å². The van der Waals surface area contributed by atoms with Crippen LogP contribution in [0.3, 0.4) is 0 Å². The molecule has 3 rings (SSSR count). The molecule has 0 aromatic heterocycles. The molecule has 2 fully saturated rings. The van der Waals surface area contributed by atoms with Crippen molar-refractivity contribution in [2.45, 2.75) is 69.7 Å². The van der Waals surface area contributed by atoms with Crippen LogP contribution in [0, 0.1) is 6.92 Å². The fourth-order valence-corrected chi connectivity index (χ4v) is 3.72. The van der Waals surface area contributed by atoms with Crippen molar-refractivity contribution in [3.63, 3.8) is 0 Å². The van der Waals surface area contributed by atoms with E-state index in [-0.39, 0.29) is 18.3 Å². The maximum absolute atomic E-state index is 6.19. The minimum atomic E-state index is -0.275. The summed E-state index contributed by atoms with van der Waals surface area (Å²) in [5.74, 6) is 1.10. The van der Waals surface area contributed by atoms with Crippen LogP contribution in [0.5, 0.6) is 0 Å². The molecule has 114 valence electrons. The topological polar surface area (TPSA) is 18.5 Å². The number of rotatable bonds is 4. The van der Waals surface area contributed by atoms with E-state index in [2.05, 4.69) is 64.6 Å². The normalized spacial score (nSPS) is 23.6. The molecule has 0 unspecified atom stereocenters. The minimum absolute atomic E-state index is 0.249. The summed E-state index contributed by atoms with van der Waals surface area (Å²) in [5, 5.41) is 0.893. The Balaban J connectivity index is 1.80. The van der Waals surface area contributed by atoms with Gasteiger partial charge in [0.1, 0.15) is 0 Å². The Labute approximate surface area is 133 Å². The molecular weight excluding hydrogens is 279 g/mol. The third-order valence-electron chi connectivity index (χ3n) is 4.99. The fourth-order valence-electron chi connectivity index (χ4n) is 2.53. The second kappa shape index (κ2) is 5.33. The van der Waals surface area contributed by atoms with Gasteiger partial charge in [0.05, 0.1) is 11.2 Å². The smallest absolute Gasteiger partial charge is 0.399 e. The molecule has 0 atom stereocenters. The average Bonchev–Trinajstić information content (AvgIpc) is 3.16. The molecule has 1 heterocycles. The summed E-state index contributed by atoms with van der Waals surface area (Å²) in [5.41, 5.74) is 3.37. The van der Waals surface area contributed by atoms with Crippen LogP contribution in [-0.4, -0.2) is 23.6 Å². The van der Waals surface area contributed by atoms with Crippen molar-refractivity contribution in [3.05, 3.63) is 29.3 Å². The lowest BCUT2D eigenvalue weighted by atomic mass is 9.75. The van der Waals surface area contributed by atoms with Crippen molar-refractivity contribution < 1.29 is 9.31 Å². The monoisotopic (exact) mass is 304 g/mol. The molecule has 1 aromatic carbocycles. The Morgan fingerprint density at radius 1 is 1.14 bits per heavy atom. The van der Waals surface area contributed by atoms with Crippen molar-refractivity contribution >= 4 is 24.3 Å². The first-order valence-corrected chi connectivity index (χ1v) is 8.91. The van der Waals surface area contributed by atoms with Crippen molar-refractivity contribution in [1.82, 2.24) is 0 Å². The molecule has 0 spiro atoms. The second-order valence-corrected chi connectivity index (χ2v) is 8.52. The van der Waals surface area contributed by atoms with Crippen LogP contribution in [0.25, 0.3) is 0 Å². The van der Waals surface area contributed by atoms with E-state index < -0.39 is 0 Å². The highest BCUT2D eigenvalue weighted by molar-refractivity contribution is 7.99. The summed E-state index contributed by atoms with van der Waals surface area (Å²) in [7, 11) is -0.249. The minimum Gasteiger partial charge on any atom is -0.399 e. The standard InChI is InChI=1S/C17H25BO2S/c1-12-13(11-21-14-9-10-14)7-6-8-15(12)18-19-16(2,3)17(4,5)20-18/h6-8,14H,9-11H2,1-5H3. The van der Waals surface area contributed by atoms with Gasteiger partial charge >= 0.3 is 7.12 Å². The zero-order chi connectivity index (χ0) is 15.3. The zero-order valence-corrected chi connectivity index (χ0v) is 14.5. The summed E-state index contributed by atoms with van der Waals surface area (Å²) in [6.07, 6.45) is 2.78. The quantitative estimate of drug-likeness (QED) is 0.790. The van der Waals surface area contributed by atoms with Gasteiger partial charge in [-0.25, -0.2) is 0 Å². The summed E-state index contributed by atoms with van der Waals surface area (Å²) in [6, 6.07) is 6.51. The molecule has 1 aliphatic heterocycles. The highest BCUT2D eigenvalue weighted by Gasteiger charge is 2.52. The van der Waals surface area contributed by atoms with Gasteiger partial charge in [0.25, 0.3) is 0 Å². The van der Waals surface area contributed by atoms with E-state index in [1.165, 1.54) is 29.4 Å². The summed E-state index contributed by atoms with van der Waals surface area (Å²) < 4.78 is 12.4. The third-order valence-corrected chi connectivity index (χ3v) is 6.41. The van der Waals surface area contributed by atoms with Gasteiger partial charge in [0, 0.05) is 11.0 Å². The van der Waals surface area contributed by atoms with Crippen LogP contribution in [0.2, 0.25) is 0 Å². The summed E-state index contributed by atoms with van der Waals surface area (Å²) >= 11 is 2.08. The van der Waals surface area contributed by atoms with Crippen LogP contribution in [0.4, 0.5) is 0 Å². The van der Waals surface area contributed by atoms with Crippen molar-refractivity contribution in [2.75, 3.05) is 0 Å². The zero-order valence-electron chi connectivity index (χ0n) is 13.7. The van der Waals surface area contributed by atoms with E-state index >= 15 is 0 Å². The second-order valence-electron chi connectivity index (χ2n) is 7.23. The molecule has 0 bridgehead atoms. The van der Waals surface area contributed by atoms with Gasteiger partial charge < -0.3 is 9.31 Å². The van der Waals surface area contributed by atoms with Gasteiger partial charge in [0.15, 0.2) is 0 Å². The number of hydrogen-bond donors (Lipinski definition) is 0. The summed E-state index contributed by atoms with van der Waals surface area (Å²) in [4.78, 5) is 0. The highest BCUT2D eigenvalue weighted by Crippen LogP contribution is 2.38. The lowest BCUT2D eigenvalue weighted by Gasteiger charge is -2.32. The lowest BCUT2D eigenvalue weighted by Crippen LogP contribution is -2.41. The van der Waals surface area contributed by atoms with Gasteiger partial charge in [-0.3, -0.25) is 0 Å². The Morgan fingerprint density at radius 3 is 2.33 bits per heavy atom. The van der Waals surface area contributed by atoms with Gasteiger partial charge in [-0.2, -0.15) is 11.8 Å². The number of thioether (sulfide) groups is 1. The molecule has 21 heavy (non-hydrogen) atoms. The first kappa shape index (κ1) is 15.5. The van der Waals surface area contributed by atoms with Gasteiger partial charge in [-0.15, -0.1) is 0 Å². The molecule has 0 radical (unpaired) electrons. The van der Waals surface area contributed by atoms with Crippen LogP contribution in [-0.2, 0) is 15.1 Å². The maximum Gasteiger partial charge on any atom is 0.495 e. The van der Waals surface area contributed by atoms with Crippen LogP contribution < -0.4 is 5.46 Å². The molecule has 0 N–H and O–H groups in total. The molecular formula is C17H25BO2S. The number of benzene rings is 1. The van der Waals surface area contributed by atoms with E-state index in [9.17, 15) is 0 Å². The Hall–Kier alpha value is -0.445. The van der Waals surface area contributed by atoms with Gasteiger partial charge in [-0.1, -0.05) is 18.2 Å². The number of hydrogen-bond acceptors (Lipinski definition) is 3. The Morgan fingerprint density at radius 2 is 1.76 bits per heavy atom. The summed E-state index contributed by atoms with van der Waals surface area (Å²) in [6.45, 7) is 10.6. The fraction of sp³-hybridized carbons (Fsp3) is 0.647. The Bertz CT molecular complexity index is 522. The molecule has 1 aromatic rings. The van der Waals surface area contributed by atoms with Crippen LogP contribution in [0.1, 0.15) is 51.7 Å². The van der Waals surface area contributed by atoms with E-state index in [0.717, 1.165) is 11.0 Å². The van der Waals surface area contributed by atoms with Crippen molar-refractivity contribution in [1.29, 1.82) is 0 Å². The SMILES string of the molecule is Cc1c(CSC2CC2)cccc1B1OC(C)(C)C(C)(C)O1. The van der Waals surface area contributed by atoms with E-state index in [4.69, 9.17) is 9.31 Å². The highest BCUT2D eigenvalue weighted by atomic mass is 32.2. The van der Waals surface area contributed by atoms with Crippen LogP contribution >= 0.6 is 11.8 Å². The molecule has 4 heteroatoms. The predicted molar refractivity (Wildman–Crippen MR) is 91.2 cm³/mol. The first-order valence-electron chi connectivity index (χ1n) is 7.86.